The lowest BCUT2D eigenvalue weighted by Crippen LogP contribution is -2.51. The summed E-state index contributed by atoms with van der Waals surface area (Å²) in [6.07, 6.45) is 3.27. The number of aromatic amines is 2. The lowest BCUT2D eigenvalue weighted by Gasteiger charge is -2.30. The van der Waals surface area contributed by atoms with Crippen LogP contribution in [0.2, 0.25) is 0 Å². The van der Waals surface area contributed by atoms with Gasteiger partial charge < -0.3 is 10.6 Å². The second-order valence-corrected chi connectivity index (χ2v) is 5.49. The molecule has 0 bridgehead atoms. The summed E-state index contributed by atoms with van der Waals surface area (Å²) in [5.74, 6) is -0.277. The molecule has 132 valence electrons. The van der Waals surface area contributed by atoms with E-state index in [4.69, 9.17) is 0 Å². The van der Waals surface area contributed by atoms with Crippen molar-refractivity contribution in [3.63, 3.8) is 0 Å². The molecule has 1 aliphatic heterocycles. The van der Waals surface area contributed by atoms with E-state index >= 15 is 0 Å². The van der Waals surface area contributed by atoms with Crippen molar-refractivity contribution in [1.82, 2.24) is 25.6 Å². The van der Waals surface area contributed by atoms with Crippen LogP contribution in [0.3, 0.4) is 0 Å². The van der Waals surface area contributed by atoms with Gasteiger partial charge in [0.2, 0.25) is 0 Å². The van der Waals surface area contributed by atoms with Crippen LogP contribution in [0.25, 0.3) is 11.0 Å². The summed E-state index contributed by atoms with van der Waals surface area (Å²) >= 11 is 0. The average Bonchev–Trinajstić information content (AvgIpc) is 2.49. The third kappa shape index (κ3) is 4.14. The first-order chi connectivity index (χ1) is 10.5. The first kappa shape index (κ1) is 20.1. The molecule has 2 atom stereocenters. The van der Waals surface area contributed by atoms with Crippen LogP contribution < -0.4 is 21.9 Å². The molecule has 24 heavy (non-hydrogen) atoms. The average molecular weight is 376 g/mol. The number of fused-ring (bicyclic) bond motifs is 1. The molecule has 0 radical (unpaired) electrons. The summed E-state index contributed by atoms with van der Waals surface area (Å²) in [4.78, 5) is 43.8. The molecule has 10 heteroatoms. The van der Waals surface area contributed by atoms with Gasteiger partial charge in [-0.3, -0.25) is 19.6 Å². The third-order valence-corrected chi connectivity index (χ3v) is 3.93. The zero-order valence-electron chi connectivity index (χ0n) is 12.9. The Morgan fingerprint density at radius 2 is 2.04 bits per heavy atom. The van der Waals surface area contributed by atoms with Crippen molar-refractivity contribution >= 4 is 41.8 Å². The molecule has 3 heterocycles. The van der Waals surface area contributed by atoms with Crippen molar-refractivity contribution < 1.29 is 4.79 Å². The molecule has 1 fully saturated rings. The Balaban J connectivity index is 0.00000144. The van der Waals surface area contributed by atoms with Gasteiger partial charge in [0.05, 0.1) is 10.9 Å². The van der Waals surface area contributed by atoms with E-state index in [0.29, 0.717) is 5.56 Å². The SMILES string of the molecule is CC1NCCCC1NC(=O)c1cnc2[nH]c(=O)[nH]c(=O)c2c1.Cl.Cl. The summed E-state index contributed by atoms with van der Waals surface area (Å²) in [7, 11) is 0. The number of hydrogen-bond donors (Lipinski definition) is 4. The van der Waals surface area contributed by atoms with E-state index in [9.17, 15) is 14.4 Å². The maximum absolute atomic E-state index is 12.3. The lowest BCUT2D eigenvalue weighted by molar-refractivity contribution is 0.0919. The smallest absolute Gasteiger partial charge is 0.327 e. The predicted octanol–water partition coefficient (Wildman–Crippen LogP) is 0.325. The van der Waals surface area contributed by atoms with Crippen LogP contribution in [0.1, 0.15) is 30.1 Å². The lowest BCUT2D eigenvalue weighted by atomic mass is 9.99. The Hall–Kier alpha value is -1.90. The van der Waals surface area contributed by atoms with E-state index in [1.165, 1.54) is 12.3 Å². The standard InChI is InChI=1S/C14H17N5O3.2ClH/c1-7-10(3-2-4-15-7)17-12(20)8-5-9-11(16-6-8)18-14(22)19-13(9)21;;/h5-7,10,15H,2-4H2,1H3,(H,17,20)(H2,16,18,19,21,22);2*1H. The topological polar surface area (TPSA) is 120 Å². The normalized spacial score (nSPS) is 19.9. The third-order valence-electron chi connectivity index (χ3n) is 3.93. The first-order valence-electron chi connectivity index (χ1n) is 7.21. The van der Waals surface area contributed by atoms with Gasteiger partial charge in [0.15, 0.2) is 0 Å². The number of carbonyl (C=O) groups is 1. The van der Waals surface area contributed by atoms with Gasteiger partial charge in [0.1, 0.15) is 5.65 Å². The van der Waals surface area contributed by atoms with Crippen molar-refractivity contribution in [2.45, 2.75) is 31.8 Å². The molecule has 0 saturated carbocycles. The Morgan fingerprint density at radius 1 is 1.29 bits per heavy atom. The van der Waals surface area contributed by atoms with Crippen LogP contribution in [0.4, 0.5) is 0 Å². The van der Waals surface area contributed by atoms with E-state index in [0.717, 1.165) is 19.4 Å². The van der Waals surface area contributed by atoms with Gasteiger partial charge in [-0.2, -0.15) is 0 Å². The number of pyridine rings is 1. The predicted molar refractivity (Wildman–Crippen MR) is 95.4 cm³/mol. The van der Waals surface area contributed by atoms with Crippen LogP contribution in [-0.4, -0.2) is 39.5 Å². The van der Waals surface area contributed by atoms with Gasteiger partial charge >= 0.3 is 5.69 Å². The van der Waals surface area contributed by atoms with Gasteiger partial charge in [-0.15, -0.1) is 24.8 Å². The quantitative estimate of drug-likeness (QED) is 0.602. The summed E-state index contributed by atoms with van der Waals surface area (Å²) < 4.78 is 0. The van der Waals surface area contributed by atoms with Crippen LogP contribution >= 0.6 is 24.8 Å². The molecule has 1 amide bonds. The van der Waals surface area contributed by atoms with Crippen molar-refractivity contribution in [3.8, 4) is 0 Å². The number of nitrogens with zero attached hydrogens (tertiary/aromatic N) is 1. The number of halogens is 2. The fourth-order valence-electron chi connectivity index (χ4n) is 2.66. The number of rotatable bonds is 2. The maximum atomic E-state index is 12.3. The highest BCUT2D eigenvalue weighted by Crippen LogP contribution is 2.10. The first-order valence-corrected chi connectivity index (χ1v) is 7.21. The van der Waals surface area contributed by atoms with Crippen molar-refractivity contribution in [1.29, 1.82) is 0 Å². The molecular weight excluding hydrogens is 357 g/mol. The summed E-state index contributed by atoms with van der Waals surface area (Å²) in [5, 5.41) is 6.45. The van der Waals surface area contributed by atoms with Crippen LogP contribution in [-0.2, 0) is 0 Å². The molecule has 8 nitrogen and oxygen atoms in total. The summed E-state index contributed by atoms with van der Waals surface area (Å²) in [6, 6.07) is 1.68. The molecule has 0 aromatic carbocycles. The fourth-order valence-corrected chi connectivity index (χ4v) is 2.66. The van der Waals surface area contributed by atoms with Gasteiger partial charge in [0.25, 0.3) is 11.5 Å². The molecule has 3 rings (SSSR count). The summed E-state index contributed by atoms with van der Waals surface area (Å²) in [5.41, 5.74) is -0.723. The zero-order chi connectivity index (χ0) is 15.7. The number of carbonyl (C=O) groups excluding carboxylic acids is 1. The molecular formula is C14H19Cl2N5O3. The molecule has 1 aliphatic rings. The second-order valence-electron chi connectivity index (χ2n) is 5.49. The van der Waals surface area contributed by atoms with E-state index < -0.39 is 11.2 Å². The Kier molecular flexibility index (Phi) is 6.94. The number of piperidine rings is 1. The number of amides is 1. The van der Waals surface area contributed by atoms with Crippen molar-refractivity contribution in [2.75, 3.05) is 6.54 Å². The highest BCUT2D eigenvalue weighted by molar-refractivity contribution is 5.96. The van der Waals surface area contributed by atoms with E-state index in [2.05, 4.69) is 25.6 Å². The minimum atomic E-state index is -0.621. The van der Waals surface area contributed by atoms with Crippen molar-refractivity contribution in [3.05, 3.63) is 38.7 Å². The fraction of sp³-hybridized carbons (Fsp3) is 0.429. The van der Waals surface area contributed by atoms with Gasteiger partial charge in [0, 0.05) is 18.3 Å². The highest BCUT2D eigenvalue weighted by Gasteiger charge is 2.23. The van der Waals surface area contributed by atoms with Crippen molar-refractivity contribution in [2.24, 2.45) is 0 Å². The Bertz CT molecular complexity index is 835. The second kappa shape index (κ2) is 8.27. The molecule has 2 aromatic heterocycles. The summed E-state index contributed by atoms with van der Waals surface area (Å²) in [6.45, 7) is 2.98. The number of aromatic nitrogens is 3. The number of nitrogens with one attached hydrogen (secondary N) is 4. The highest BCUT2D eigenvalue weighted by atomic mass is 35.5. The molecule has 2 unspecified atom stereocenters. The number of H-pyrrole nitrogens is 2. The van der Waals surface area contributed by atoms with Gasteiger partial charge in [-0.05, 0) is 32.4 Å². The van der Waals surface area contributed by atoms with Crippen LogP contribution in [0.15, 0.2) is 21.9 Å². The zero-order valence-corrected chi connectivity index (χ0v) is 14.6. The Morgan fingerprint density at radius 3 is 2.75 bits per heavy atom. The minimum Gasteiger partial charge on any atom is -0.348 e. The van der Waals surface area contributed by atoms with Crippen LogP contribution in [0.5, 0.6) is 0 Å². The minimum absolute atomic E-state index is 0. The number of hydrogen-bond acceptors (Lipinski definition) is 5. The van der Waals surface area contributed by atoms with E-state index in [1.54, 1.807) is 0 Å². The molecule has 2 aromatic rings. The van der Waals surface area contributed by atoms with E-state index in [1.807, 2.05) is 6.92 Å². The van der Waals surface area contributed by atoms with Crippen LogP contribution in [0, 0.1) is 0 Å². The van der Waals surface area contributed by atoms with Gasteiger partial charge in [-0.25, -0.2) is 9.78 Å². The van der Waals surface area contributed by atoms with Gasteiger partial charge in [-0.1, -0.05) is 0 Å². The molecule has 1 saturated heterocycles. The largest absolute Gasteiger partial charge is 0.348 e. The molecule has 0 spiro atoms. The Labute approximate surface area is 149 Å². The van der Waals surface area contributed by atoms with E-state index in [-0.39, 0.29) is 53.8 Å². The molecule has 4 N–H and O–H groups in total. The molecule has 0 aliphatic carbocycles. The monoisotopic (exact) mass is 375 g/mol. The maximum Gasteiger partial charge on any atom is 0.327 e.